The summed E-state index contributed by atoms with van der Waals surface area (Å²) in [6.07, 6.45) is 68.7. The molecule has 0 saturated heterocycles. The van der Waals surface area contributed by atoms with E-state index in [1.807, 2.05) is 6.08 Å². The van der Waals surface area contributed by atoms with E-state index in [1.54, 1.807) is 6.08 Å². The lowest BCUT2D eigenvalue weighted by atomic mass is 10.0. The summed E-state index contributed by atoms with van der Waals surface area (Å²) in [6, 6.07) is -0.636. The highest BCUT2D eigenvalue weighted by atomic mass is 16.5. The van der Waals surface area contributed by atoms with Gasteiger partial charge in [0.25, 0.3) is 0 Å². The molecule has 66 heavy (non-hydrogen) atoms. The number of rotatable bonds is 54. The maximum absolute atomic E-state index is 12.5. The van der Waals surface area contributed by atoms with Crippen molar-refractivity contribution < 1.29 is 24.5 Å². The molecule has 0 radical (unpaired) electrons. The Morgan fingerprint density at radius 1 is 0.424 bits per heavy atom. The van der Waals surface area contributed by atoms with Crippen molar-refractivity contribution in [3.8, 4) is 0 Å². The van der Waals surface area contributed by atoms with E-state index in [-0.39, 0.29) is 18.5 Å². The Balaban J connectivity index is 3.47. The molecule has 0 aromatic carbocycles. The van der Waals surface area contributed by atoms with E-state index in [9.17, 15) is 19.8 Å². The van der Waals surface area contributed by atoms with Crippen molar-refractivity contribution in [3.05, 3.63) is 36.5 Å². The lowest BCUT2D eigenvalue weighted by Crippen LogP contribution is -2.45. The number of esters is 1. The predicted molar refractivity (Wildman–Crippen MR) is 287 cm³/mol. The van der Waals surface area contributed by atoms with Gasteiger partial charge in [-0.1, -0.05) is 269 Å². The van der Waals surface area contributed by atoms with Crippen molar-refractivity contribution in [2.75, 3.05) is 13.2 Å². The smallest absolute Gasteiger partial charge is 0.305 e. The van der Waals surface area contributed by atoms with Gasteiger partial charge in [-0.15, -0.1) is 0 Å². The van der Waals surface area contributed by atoms with Crippen molar-refractivity contribution in [3.63, 3.8) is 0 Å². The van der Waals surface area contributed by atoms with Crippen molar-refractivity contribution in [1.29, 1.82) is 0 Å². The normalized spacial score (nSPS) is 12.8. The Morgan fingerprint density at radius 2 is 0.758 bits per heavy atom. The van der Waals surface area contributed by atoms with Crippen LogP contribution >= 0.6 is 0 Å². The van der Waals surface area contributed by atoms with Crippen LogP contribution in [0.3, 0.4) is 0 Å². The van der Waals surface area contributed by atoms with Gasteiger partial charge in [0.05, 0.1) is 25.4 Å². The van der Waals surface area contributed by atoms with Gasteiger partial charge >= 0.3 is 5.97 Å². The molecule has 1 amide bonds. The third kappa shape index (κ3) is 51.5. The van der Waals surface area contributed by atoms with E-state index in [0.29, 0.717) is 19.4 Å². The minimum atomic E-state index is -0.851. The number of amides is 1. The molecule has 2 atom stereocenters. The number of carbonyl (C=O) groups excluding carboxylic acids is 2. The summed E-state index contributed by atoms with van der Waals surface area (Å²) >= 11 is 0. The zero-order chi connectivity index (χ0) is 47.9. The summed E-state index contributed by atoms with van der Waals surface area (Å²) in [5, 5.41) is 23.1. The maximum Gasteiger partial charge on any atom is 0.305 e. The number of ether oxygens (including phenoxy) is 1. The van der Waals surface area contributed by atoms with Gasteiger partial charge in [0.15, 0.2) is 0 Å². The number of aliphatic hydroxyl groups is 2. The van der Waals surface area contributed by atoms with Crippen molar-refractivity contribution in [2.45, 2.75) is 321 Å². The maximum atomic E-state index is 12.5. The second-order valence-corrected chi connectivity index (χ2v) is 20.0. The van der Waals surface area contributed by atoms with Gasteiger partial charge in [-0.3, -0.25) is 9.59 Å². The molecule has 0 heterocycles. The van der Waals surface area contributed by atoms with Crippen LogP contribution in [0.1, 0.15) is 309 Å². The summed E-state index contributed by atoms with van der Waals surface area (Å²) in [7, 11) is 0. The highest BCUT2D eigenvalue weighted by Gasteiger charge is 2.18. The molecule has 3 N–H and O–H groups in total. The Kier molecular flexibility index (Phi) is 54.1. The van der Waals surface area contributed by atoms with Crippen LogP contribution in [0.4, 0.5) is 0 Å². The van der Waals surface area contributed by atoms with Crippen LogP contribution in [0, 0.1) is 0 Å². The molecule has 0 aliphatic rings. The third-order valence-corrected chi connectivity index (χ3v) is 13.4. The first-order valence-corrected chi connectivity index (χ1v) is 29.3. The van der Waals surface area contributed by atoms with Gasteiger partial charge in [-0.25, -0.2) is 0 Å². The Bertz CT molecular complexity index is 1070. The molecule has 0 aliphatic heterocycles. The summed E-state index contributed by atoms with van der Waals surface area (Å²) in [6.45, 7) is 4.87. The number of nitrogens with one attached hydrogen (secondary N) is 1. The van der Waals surface area contributed by atoms with Gasteiger partial charge in [-0.05, 0) is 64.2 Å². The molecule has 0 aliphatic carbocycles. The summed E-state index contributed by atoms with van der Waals surface area (Å²) in [5.74, 6) is -0.0894. The average molecular weight is 929 g/mol. The van der Waals surface area contributed by atoms with Gasteiger partial charge in [-0.2, -0.15) is 0 Å². The quantitative estimate of drug-likeness (QED) is 0.0321. The molecule has 0 bridgehead atoms. The number of carbonyl (C=O) groups is 2. The average Bonchev–Trinajstić information content (AvgIpc) is 3.32. The first-order valence-electron chi connectivity index (χ1n) is 29.3. The Labute approximate surface area is 411 Å². The topological polar surface area (TPSA) is 95.9 Å². The van der Waals surface area contributed by atoms with Crippen molar-refractivity contribution in [1.82, 2.24) is 5.32 Å². The Morgan fingerprint density at radius 3 is 1.17 bits per heavy atom. The minimum Gasteiger partial charge on any atom is -0.466 e. The second-order valence-electron chi connectivity index (χ2n) is 20.0. The number of allylic oxidation sites excluding steroid dienone is 5. The van der Waals surface area contributed by atoms with E-state index in [1.165, 1.54) is 218 Å². The predicted octanol–water partition coefficient (Wildman–Crippen LogP) is 18.0. The molecule has 6 nitrogen and oxygen atoms in total. The van der Waals surface area contributed by atoms with Crippen LogP contribution < -0.4 is 5.32 Å². The number of hydrogen-bond acceptors (Lipinski definition) is 5. The monoisotopic (exact) mass is 928 g/mol. The lowest BCUT2D eigenvalue weighted by molar-refractivity contribution is -0.143. The fourth-order valence-electron chi connectivity index (χ4n) is 8.90. The lowest BCUT2D eigenvalue weighted by Gasteiger charge is -2.20. The van der Waals surface area contributed by atoms with Crippen molar-refractivity contribution >= 4 is 11.9 Å². The van der Waals surface area contributed by atoms with Crippen LogP contribution in [0.2, 0.25) is 0 Å². The van der Waals surface area contributed by atoms with E-state index in [0.717, 1.165) is 64.2 Å². The van der Waals surface area contributed by atoms with Gasteiger partial charge in [0, 0.05) is 12.8 Å². The van der Waals surface area contributed by atoms with Gasteiger partial charge in [0.1, 0.15) is 0 Å². The number of aliphatic hydroxyl groups excluding tert-OH is 2. The van der Waals surface area contributed by atoms with Crippen LogP contribution in [0.5, 0.6) is 0 Å². The van der Waals surface area contributed by atoms with E-state index in [2.05, 4.69) is 43.5 Å². The first kappa shape index (κ1) is 64.1. The largest absolute Gasteiger partial charge is 0.466 e. The summed E-state index contributed by atoms with van der Waals surface area (Å²) in [4.78, 5) is 24.5. The first-order chi connectivity index (χ1) is 32.5. The number of unbranched alkanes of at least 4 members (excludes halogenated alkanes) is 39. The van der Waals surface area contributed by atoms with Crippen LogP contribution in [0.15, 0.2) is 36.5 Å². The highest BCUT2D eigenvalue weighted by Crippen LogP contribution is 2.17. The van der Waals surface area contributed by atoms with Crippen LogP contribution in [-0.2, 0) is 14.3 Å². The molecule has 388 valence electrons. The molecule has 0 fully saturated rings. The molecule has 6 heteroatoms. The molecule has 0 aromatic heterocycles. The fourth-order valence-corrected chi connectivity index (χ4v) is 8.90. The summed E-state index contributed by atoms with van der Waals surface area (Å²) < 4.78 is 5.47. The van der Waals surface area contributed by atoms with Crippen LogP contribution in [0.25, 0.3) is 0 Å². The molecule has 0 aromatic rings. The van der Waals surface area contributed by atoms with E-state index < -0.39 is 12.1 Å². The molecule has 0 spiro atoms. The zero-order valence-corrected chi connectivity index (χ0v) is 44.2. The Hall–Kier alpha value is -1.92. The third-order valence-electron chi connectivity index (χ3n) is 13.4. The van der Waals surface area contributed by atoms with Crippen LogP contribution in [-0.4, -0.2) is 47.4 Å². The molecule has 0 rings (SSSR count). The van der Waals surface area contributed by atoms with E-state index in [4.69, 9.17) is 4.74 Å². The van der Waals surface area contributed by atoms with Gasteiger partial charge in [0.2, 0.25) is 5.91 Å². The molecular formula is C60H113NO5. The summed E-state index contributed by atoms with van der Waals surface area (Å²) in [5.41, 5.74) is 0. The van der Waals surface area contributed by atoms with Gasteiger partial charge < -0.3 is 20.3 Å². The standard InChI is InChI=1S/C60H113NO5/c1-3-5-7-9-11-13-15-17-19-21-22-24-28-32-36-40-44-48-52-58(63)57(56-62)61-59(64)53-49-45-41-37-33-29-25-23-27-31-35-39-43-47-51-55-66-60(65)54-50-46-42-38-34-30-26-20-18-16-14-12-10-8-6-4-2/h14,16,20,26,48,52,57-58,62-63H,3-13,15,17-19,21-25,27-47,49-51,53-56H2,1-2H3,(H,61,64)/b16-14-,26-20-,52-48+. The SMILES string of the molecule is CCCCCC/C=C\C/C=C\CCCCCCCC(=O)OCCCCCCCCCCCCCCCCCC(=O)NC(CO)C(O)/C=C/CCCCCCCCCCCCCCCCCC. The highest BCUT2D eigenvalue weighted by molar-refractivity contribution is 5.76. The van der Waals surface area contributed by atoms with Crippen molar-refractivity contribution in [2.24, 2.45) is 0 Å². The molecule has 0 saturated carbocycles. The molecular weight excluding hydrogens is 815 g/mol. The van der Waals surface area contributed by atoms with E-state index >= 15 is 0 Å². The second kappa shape index (κ2) is 55.7. The zero-order valence-electron chi connectivity index (χ0n) is 44.2. The minimum absolute atomic E-state index is 0.0138. The fraction of sp³-hybridized carbons (Fsp3) is 0.867. The molecule has 2 unspecified atom stereocenters. The number of hydrogen-bond donors (Lipinski definition) is 3.